The summed E-state index contributed by atoms with van der Waals surface area (Å²) in [4.78, 5) is 30.3. The summed E-state index contributed by atoms with van der Waals surface area (Å²) in [6, 6.07) is 14.1. The van der Waals surface area contributed by atoms with Crippen LogP contribution in [0.2, 0.25) is 0 Å². The smallest absolute Gasteiger partial charge is 0.242 e. The molecule has 0 bridgehead atoms. The van der Waals surface area contributed by atoms with Crippen molar-refractivity contribution in [2.45, 2.75) is 96.2 Å². The lowest BCUT2D eigenvalue weighted by molar-refractivity contribution is -0.130. The van der Waals surface area contributed by atoms with Crippen molar-refractivity contribution in [3.8, 4) is 0 Å². The standard InChI is InChI=1S/C31H46N6O2/c1-31(2,3)24-14-9-23(10-15-24)20-35-29(39)27(18-13-21-7-5-4-6-8-21)37-28(38)26(32)19-22-11-16-25(17-12-22)36-30(33)34/h9-12,14-17,21,26-27H,4-8,13,18-20,32H2,1-3H3,(H,35,39)(H,37,38)(H4,33,34,36)/t26-,27-/m0/s1. The van der Waals surface area contributed by atoms with Crippen molar-refractivity contribution < 1.29 is 9.59 Å². The molecule has 0 saturated heterocycles. The average molecular weight is 535 g/mol. The molecule has 3 rings (SSSR count). The van der Waals surface area contributed by atoms with Crippen LogP contribution in [0.15, 0.2) is 53.5 Å². The summed E-state index contributed by atoms with van der Waals surface area (Å²) in [5, 5.41) is 5.98. The highest BCUT2D eigenvalue weighted by atomic mass is 16.2. The number of carbonyl (C=O) groups excluding carboxylic acids is 2. The van der Waals surface area contributed by atoms with E-state index in [2.05, 4.69) is 48.5 Å². The van der Waals surface area contributed by atoms with E-state index in [0.29, 0.717) is 31.0 Å². The number of rotatable bonds is 11. The van der Waals surface area contributed by atoms with Crippen LogP contribution in [-0.4, -0.2) is 29.9 Å². The largest absolute Gasteiger partial charge is 0.370 e. The minimum absolute atomic E-state index is 0.0155. The molecule has 0 aromatic heterocycles. The van der Waals surface area contributed by atoms with Gasteiger partial charge in [0.2, 0.25) is 11.8 Å². The first-order valence-electron chi connectivity index (χ1n) is 14.1. The first-order chi connectivity index (χ1) is 18.5. The highest BCUT2D eigenvalue weighted by Gasteiger charge is 2.25. The van der Waals surface area contributed by atoms with E-state index >= 15 is 0 Å². The van der Waals surface area contributed by atoms with Crippen molar-refractivity contribution in [2.75, 3.05) is 0 Å². The second kappa shape index (κ2) is 14.1. The fourth-order valence-corrected chi connectivity index (χ4v) is 5.06. The molecule has 0 radical (unpaired) electrons. The van der Waals surface area contributed by atoms with Gasteiger partial charge in [0.15, 0.2) is 5.96 Å². The van der Waals surface area contributed by atoms with Gasteiger partial charge < -0.3 is 27.8 Å². The Kier molecular flexibility index (Phi) is 10.9. The van der Waals surface area contributed by atoms with Gasteiger partial charge >= 0.3 is 0 Å². The van der Waals surface area contributed by atoms with Crippen LogP contribution in [-0.2, 0) is 28.0 Å². The highest BCUT2D eigenvalue weighted by molar-refractivity contribution is 5.89. The molecule has 8 heteroatoms. The van der Waals surface area contributed by atoms with Gasteiger partial charge in [-0.3, -0.25) is 9.59 Å². The minimum Gasteiger partial charge on any atom is -0.370 e. The second-order valence-corrected chi connectivity index (χ2v) is 11.8. The fraction of sp³-hybridized carbons (Fsp3) is 0.516. The van der Waals surface area contributed by atoms with Gasteiger partial charge in [-0.15, -0.1) is 0 Å². The van der Waals surface area contributed by atoms with Crippen LogP contribution in [0.3, 0.4) is 0 Å². The van der Waals surface area contributed by atoms with Crippen LogP contribution in [0.4, 0.5) is 5.69 Å². The van der Waals surface area contributed by atoms with Crippen LogP contribution in [0.1, 0.15) is 82.4 Å². The summed E-state index contributed by atoms with van der Waals surface area (Å²) in [6.07, 6.45) is 8.01. The van der Waals surface area contributed by atoms with Gasteiger partial charge in [-0.2, -0.15) is 0 Å². The van der Waals surface area contributed by atoms with Crippen molar-refractivity contribution in [1.82, 2.24) is 10.6 Å². The summed E-state index contributed by atoms with van der Waals surface area (Å²) in [6.45, 7) is 6.94. The van der Waals surface area contributed by atoms with Crippen LogP contribution < -0.4 is 27.8 Å². The molecular formula is C31H46N6O2. The van der Waals surface area contributed by atoms with Gasteiger partial charge in [-0.1, -0.05) is 89.3 Å². The normalized spacial score (nSPS) is 15.7. The number of nitrogens with one attached hydrogen (secondary N) is 2. The third-order valence-corrected chi connectivity index (χ3v) is 7.49. The van der Waals surface area contributed by atoms with E-state index in [1.165, 1.54) is 37.7 Å². The maximum atomic E-state index is 13.3. The Morgan fingerprint density at radius 2 is 1.54 bits per heavy atom. The van der Waals surface area contributed by atoms with E-state index in [-0.39, 0.29) is 23.2 Å². The van der Waals surface area contributed by atoms with Crippen LogP contribution in [0, 0.1) is 5.92 Å². The van der Waals surface area contributed by atoms with Gasteiger partial charge in [0.05, 0.1) is 11.7 Å². The summed E-state index contributed by atoms with van der Waals surface area (Å²) in [5.74, 6) is 0.0843. The first-order valence-corrected chi connectivity index (χ1v) is 14.1. The number of nitrogens with two attached hydrogens (primary N) is 3. The molecule has 0 unspecified atom stereocenters. The summed E-state index contributed by atoms with van der Waals surface area (Å²) in [5.41, 5.74) is 21.0. The Bertz CT molecular complexity index is 1100. The molecule has 2 aromatic rings. The Morgan fingerprint density at radius 1 is 0.923 bits per heavy atom. The zero-order chi connectivity index (χ0) is 28.4. The van der Waals surface area contributed by atoms with Crippen LogP contribution in [0.5, 0.6) is 0 Å². The number of amides is 2. The quantitative estimate of drug-likeness (QED) is 0.219. The van der Waals surface area contributed by atoms with Crippen molar-refractivity contribution >= 4 is 23.5 Å². The van der Waals surface area contributed by atoms with Crippen LogP contribution >= 0.6 is 0 Å². The van der Waals surface area contributed by atoms with Gasteiger partial charge in [-0.05, 0) is 59.4 Å². The van der Waals surface area contributed by atoms with E-state index in [1.54, 1.807) is 12.1 Å². The van der Waals surface area contributed by atoms with E-state index < -0.39 is 12.1 Å². The van der Waals surface area contributed by atoms with Gasteiger partial charge in [-0.25, -0.2) is 4.99 Å². The van der Waals surface area contributed by atoms with Gasteiger partial charge in [0, 0.05) is 6.54 Å². The molecule has 0 heterocycles. The number of benzene rings is 2. The topological polar surface area (TPSA) is 149 Å². The maximum Gasteiger partial charge on any atom is 0.242 e. The number of aliphatic imine (C=N–C) groups is 1. The third-order valence-electron chi connectivity index (χ3n) is 7.49. The lowest BCUT2D eigenvalue weighted by atomic mass is 9.85. The SMILES string of the molecule is CC(C)(C)c1ccc(CNC(=O)[C@H](CCC2CCCCC2)NC(=O)[C@@H](N)Cc2ccc(N=C(N)N)cc2)cc1. The third kappa shape index (κ3) is 10.0. The average Bonchev–Trinajstić information content (AvgIpc) is 2.90. The van der Waals surface area contributed by atoms with E-state index in [1.807, 2.05) is 24.3 Å². The van der Waals surface area contributed by atoms with E-state index in [9.17, 15) is 9.59 Å². The molecule has 2 amide bonds. The van der Waals surface area contributed by atoms with E-state index in [4.69, 9.17) is 17.2 Å². The number of nitrogens with zero attached hydrogens (tertiary/aromatic N) is 1. The molecule has 2 aromatic carbocycles. The molecular weight excluding hydrogens is 488 g/mol. The molecule has 1 aliphatic rings. The zero-order valence-corrected chi connectivity index (χ0v) is 23.7. The molecule has 0 aliphatic heterocycles. The van der Waals surface area contributed by atoms with Crippen molar-refractivity contribution in [1.29, 1.82) is 0 Å². The molecule has 39 heavy (non-hydrogen) atoms. The molecule has 1 saturated carbocycles. The second-order valence-electron chi connectivity index (χ2n) is 11.8. The number of hydrogen-bond donors (Lipinski definition) is 5. The predicted molar refractivity (Wildman–Crippen MR) is 158 cm³/mol. The minimum atomic E-state index is -0.783. The zero-order valence-electron chi connectivity index (χ0n) is 23.7. The molecule has 1 fully saturated rings. The predicted octanol–water partition coefficient (Wildman–Crippen LogP) is 3.92. The Labute approximate surface area is 233 Å². The summed E-state index contributed by atoms with van der Waals surface area (Å²) >= 11 is 0. The van der Waals surface area contributed by atoms with Crippen molar-refractivity contribution in [2.24, 2.45) is 28.1 Å². The van der Waals surface area contributed by atoms with Gasteiger partial charge in [0.1, 0.15) is 6.04 Å². The lowest BCUT2D eigenvalue weighted by Crippen LogP contribution is -2.52. The number of hydrogen-bond acceptors (Lipinski definition) is 4. The lowest BCUT2D eigenvalue weighted by Gasteiger charge is -2.25. The monoisotopic (exact) mass is 534 g/mol. The van der Waals surface area contributed by atoms with Crippen molar-refractivity contribution in [3.63, 3.8) is 0 Å². The molecule has 2 atom stereocenters. The Balaban J connectivity index is 1.60. The molecule has 0 spiro atoms. The Morgan fingerprint density at radius 3 is 2.13 bits per heavy atom. The van der Waals surface area contributed by atoms with Crippen LogP contribution in [0.25, 0.3) is 0 Å². The number of carbonyl (C=O) groups is 2. The van der Waals surface area contributed by atoms with Gasteiger partial charge in [0.25, 0.3) is 0 Å². The first kappa shape index (κ1) is 30.2. The van der Waals surface area contributed by atoms with E-state index in [0.717, 1.165) is 17.5 Å². The van der Waals surface area contributed by atoms with Crippen molar-refractivity contribution in [3.05, 3.63) is 65.2 Å². The summed E-state index contributed by atoms with van der Waals surface area (Å²) in [7, 11) is 0. The Hall–Kier alpha value is -3.39. The molecule has 8 N–H and O–H groups in total. The highest BCUT2D eigenvalue weighted by Crippen LogP contribution is 2.28. The fourth-order valence-electron chi connectivity index (χ4n) is 5.06. The number of guanidine groups is 1. The summed E-state index contributed by atoms with van der Waals surface area (Å²) < 4.78 is 0. The molecule has 8 nitrogen and oxygen atoms in total. The molecule has 212 valence electrons. The maximum absolute atomic E-state index is 13.3. The molecule has 1 aliphatic carbocycles.